The molecule has 1 unspecified atom stereocenters. The molecule has 0 saturated carbocycles. The summed E-state index contributed by atoms with van der Waals surface area (Å²) in [6.45, 7) is 17.9. The lowest BCUT2D eigenvalue weighted by atomic mass is 10.0. The van der Waals surface area contributed by atoms with Gasteiger partial charge in [-0.25, -0.2) is 0 Å². The highest BCUT2D eigenvalue weighted by atomic mass is 16.6. The molecule has 26 heteroatoms. The number of aliphatic hydroxyl groups is 1. The molecule has 0 heterocycles. The Labute approximate surface area is 471 Å². The molecule has 0 aliphatic heterocycles. The number of amides is 4. The van der Waals surface area contributed by atoms with Gasteiger partial charge in [0.05, 0.1) is 205 Å². The lowest BCUT2D eigenvalue weighted by Gasteiger charge is -2.34. The maximum Gasteiger partial charge on any atom is 0.246 e. The number of carbonyl (C=O) groups is 4. The summed E-state index contributed by atoms with van der Waals surface area (Å²) >= 11 is 0. The molecule has 1 atom stereocenters. The third-order valence-electron chi connectivity index (χ3n) is 10.4. The molecule has 0 fully saturated rings. The smallest absolute Gasteiger partial charge is 0.246 e. The van der Waals surface area contributed by atoms with Gasteiger partial charge in [-0.2, -0.15) is 0 Å². The highest BCUT2D eigenvalue weighted by Crippen LogP contribution is 2.11. The summed E-state index contributed by atoms with van der Waals surface area (Å²) in [5, 5.41) is 20.1. The Morgan fingerprint density at radius 3 is 0.987 bits per heavy atom. The number of rotatable bonds is 63. The minimum Gasteiger partial charge on any atom is -0.394 e. The van der Waals surface area contributed by atoms with Gasteiger partial charge in [0.1, 0.15) is 12.1 Å². The predicted octanol–water partition coefficient (Wildman–Crippen LogP) is 0.357. The molecule has 0 bridgehead atoms. The van der Waals surface area contributed by atoms with Crippen molar-refractivity contribution in [1.29, 1.82) is 0 Å². The molecule has 0 aliphatic rings. The summed E-state index contributed by atoms with van der Waals surface area (Å²) in [5.41, 5.74) is -1.34. The Balaban J connectivity index is 0. The van der Waals surface area contributed by atoms with E-state index in [2.05, 4.69) is 35.1 Å². The molecule has 0 aliphatic carbocycles. The number of nitrogens with one attached hydrogen (secondary N) is 4. The van der Waals surface area contributed by atoms with Crippen LogP contribution in [0, 0.1) is 5.92 Å². The summed E-state index contributed by atoms with van der Waals surface area (Å²) in [7, 11) is 3.22. The molecule has 0 rings (SSSR count). The number of ether oxygens (including phenoxy) is 17. The molecule has 0 aromatic carbocycles. The van der Waals surface area contributed by atoms with E-state index in [0.717, 1.165) is 12.8 Å². The second-order valence-corrected chi connectivity index (χ2v) is 17.1. The average Bonchev–Trinajstić information content (AvgIpc) is 3.45. The fraction of sp³-hybridized carbons (Fsp3) is 0.925. The van der Waals surface area contributed by atoms with E-state index in [1.807, 2.05) is 13.8 Å². The topological polar surface area (TPSA) is 294 Å². The second-order valence-electron chi connectivity index (χ2n) is 17.1. The first-order valence-corrected chi connectivity index (χ1v) is 28.1. The molecule has 5 N–H and O–H groups in total. The Morgan fingerprint density at radius 2 is 0.671 bits per heavy atom. The number of hydrogen-bond donors (Lipinski definition) is 5. The predicted molar refractivity (Wildman–Crippen MR) is 292 cm³/mol. The van der Waals surface area contributed by atoms with Gasteiger partial charge in [-0.1, -0.05) is 34.1 Å². The summed E-state index contributed by atoms with van der Waals surface area (Å²) in [5.74, 6) is -0.744. The number of aliphatic hydroxyl groups excluding tert-OH is 1. The van der Waals surface area contributed by atoms with Crippen molar-refractivity contribution in [2.24, 2.45) is 5.92 Å². The average molecular weight is 1150 g/mol. The van der Waals surface area contributed by atoms with E-state index in [1.165, 1.54) is 0 Å². The molecule has 0 aromatic heterocycles. The van der Waals surface area contributed by atoms with E-state index < -0.39 is 11.4 Å². The first-order chi connectivity index (χ1) is 38.7. The van der Waals surface area contributed by atoms with Gasteiger partial charge in [0.2, 0.25) is 23.6 Å². The van der Waals surface area contributed by atoms with Crippen molar-refractivity contribution in [2.75, 3.05) is 252 Å². The van der Waals surface area contributed by atoms with Crippen molar-refractivity contribution >= 4 is 23.6 Å². The highest BCUT2D eigenvalue weighted by molar-refractivity contribution is 5.78. The van der Waals surface area contributed by atoms with Crippen molar-refractivity contribution in [1.82, 2.24) is 21.3 Å². The lowest BCUT2D eigenvalue weighted by molar-refractivity contribution is -0.134. The number of carbonyl (C=O) groups excluding carboxylic acids is 4. The fourth-order valence-corrected chi connectivity index (χ4v) is 5.98. The van der Waals surface area contributed by atoms with Crippen LogP contribution in [0.2, 0.25) is 0 Å². The molecular formula is C53H106N4O22. The third-order valence-corrected chi connectivity index (χ3v) is 10.4. The van der Waals surface area contributed by atoms with Gasteiger partial charge >= 0.3 is 0 Å². The largest absolute Gasteiger partial charge is 0.394 e. The molecule has 26 nitrogen and oxygen atoms in total. The SMILES string of the molecule is CC.CCC(C)CCOCCOCCOCC(=O)NC(COCCC(=O)NCCOCCOCCOCCO)(COCCC(=O)NCCOCCOCCOCCOC)COCCC(=O)NCCOCCOCCOCCOC. The van der Waals surface area contributed by atoms with Gasteiger partial charge < -0.3 is 107 Å². The van der Waals surface area contributed by atoms with Crippen LogP contribution in [0.1, 0.15) is 59.8 Å². The Bertz CT molecular complexity index is 1270. The van der Waals surface area contributed by atoms with E-state index in [1.54, 1.807) is 14.2 Å². The highest BCUT2D eigenvalue weighted by Gasteiger charge is 2.34. The maximum atomic E-state index is 13.5. The van der Waals surface area contributed by atoms with Crippen molar-refractivity contribution in [2.45, 2.75) is 65.3 Å². The molecule has 470 valence electrons. The van der Waals surface area contributed by atoms with Crippen LogP contribution in [0.4, 0.5) is 0 Å². The van der Waals surface area contributed by atoms with Crippen LogP contribution in [0.3, 0.4) is 0 Å². The van der Waals surface area contributed by atoms with Crippen LogP contribution in [-0.2, 0) is 99.7 Å². The minimum atomic E-state index is -1.34. The summed E-state index contributed by atoms with van der Waals surface area (Å²) < 4.78 is 93.5. The van der Waals surface area contributed by atoms with E-state index in [9.17, 15) is 19.2 Å². The number of methoxy groups -OCH3 is 2. The van der Waals surface area contributed by atoms with Crippen LogP contribution in [-0.4, -0.2) is 286 Å². The Morgan fingerprint density at radius 1 is 0.380 bits per heavy atom. The standard InChI is InChI=1S/C51H100N4O22.C2H6/c1-5-46(2)6-14-63-26-31-73-40-41-74-42-50(60)55-51(43-75-15-7-47(57)52-10-18-64-27-32-70-35-30-67-21-13-56,44-76-16-8-48(58)53-11-19-65-28-33-71-38-36-68-24-22-61-3)45-77-17-9-49(59)54-12-20-66-29-34-72-39-37-69-25-23-62-4;1-2/h46,56H,5-45H2,1-4H3,(H,52,57)(H,53,58)(H,54,59)(H,55,60);1-2H3. The van der Waals surface area contributed by atoms with Crippen LogP contribution in [0.5, 0.6) is 0 Å². The molecule has 0 radical (unpaired) electrons. The van der Waals surface area contributed by atoms with Gasteiger partial charge in [-0.15, -0.1) is 0 Å². The summed E-state index contributed by atoms with van der Waals surface area (Å²) in [6, 6.07) is 0. The van der Waals surface area contributed by atoms with Gasteiger partial charge in [0.25, 0.3) is 0 Å². The molecule has 0 saturated heterocycles. The van der Waals surface area contributed by atoms with Crippen LogP contribution >= 0.6 is 0 Å². The van der Waals surface area contributed by atoms with E-state index >= 15 is 0 Å². The Hall–Kier alpha value is -2.84. The minimum absolute atomic E-state index is 0.00240. The molecular weight excluding hydrogens is 1040 g/mol. The van der Waals surface area contributed by atoms with Crippen molar-refractivity contribution in [3.05, 3.63) is 0 Å². The van der Waals surface area contributed by atoms with Gasteiger partial charge in [-0.3, -0.25) is 19.2 Å². The van der Waals surface area contributed by atoms with Crippen LogP contribution in [0.25, 0.3) is 0 Å². The van der Waals surface area contributed by atoms with Crippen molar-refractivity contribution in [3.63, 3.8) is 0 Å². The van der Waals surface area contributed by atoms with Gasteiger partial charge in [0, 0.05) is 59.7 Å². The van der Waals surface area contributed by atoms with Crippen LogP contribution in [0.15, 0.2) is 0 Å². The lowest BCUT2D eigenvalue weighted by Crippen LogP contribution is -2.59. The first kappa shape index (κ1) is 78.2. The summed E-state index contributed by atoms with van der Waals surface area (Å²) in [6.07, 6.45) is 2.09. The zero-order valence-corrected chi connectivity index (χ0v) is 49.1. The van der Waals surface area contributed by atoms with Gasteiger partial charge in [-0.05, 0) is 12.3 Å². The number of hydrogen-bond acceptors (Lipinski definition) is 22. The van der Waals surface area contributed by atoms with E-state index in [-0.39, 0.29) is 149 Å². The van der Waals surface area contributed by atoms with Crippen LogP contribution < -0.4 is 21.3 Å². The maximum absolute atomic E-state index is 13.5. The van der Waals surface area contributed by atoms with Gasteiger partial charge in [0.15, 0.2) is 0 Å². The normalized spacial score (nSPS) is 11.8. The zero-order valence-electron chi connectivity index (χ0n) is 49.1. The quantitative estimate of drug-likeness (QED) is 0.0514. The molecule has 0 aromatic rings. The molecule has 79 heavy (non-hydrogen) atoms. The fourth-order valence-electron chi connectivity index (χ4n) is 5.98. The van der Waals surface area contributed by atoms with Crippen molar-refractivity contribution < 1.29 is 105 Å². The molecule has 0 spiro atoms. The van der Waals surface area contributed by atoms with E-state index in [4.69, 9.17) is 85.6 Å². The molecule has 4 amide bonds. The third kappa shape index (κ3) is 59.6. The zero-order chi connectivity index (χ0) is 58.2. The first-order valence-electron chi connectivity index (χ1n) is 28.1. The van der Waals surface area contributed by atoms with E-state index in [0.29, 0.717) is 131 Å². The monoisotopic (exact) mass is 1150 g/mol. The van der Waals surface area contributed by atoms with Crippen molar-refractivity contribution in [3.8, 4) is 0 Å². The second kappa shape index (κ2) is 64.3. The summed E-state index contributed by atoms with van der Waals surface area (Å²) in [4.78, 5) is 51.6. The Kier molecular flexibility index (Phi) is 63.7.